The minimum Gasteiger partial charge on any atom is -0.547 e. The molecule has 2 aliphatic rings. The van der Waals surface area contributed by atoms with Gasteiger partial charge in [-0.05, 0) is 45.0 Å². The molecule has 0 radical (unpaired) electrons. The van der Waals surface area contributed by atoms with Gasteiger partial charge in [0.05, 0.1) is 18.9 Å². The van der Waals surface area contributed by atoms with Gasteiger partial charge in [0, 0.05) is 12.5 Å². The Kier molecular flexibility index (Phi) is 3.70. The van der Waals surface area contributed by atoms with Gasteiger partial charge < -0.3 is 9.16 Å². The van der Waals surface area contributed by atoms with Gasteiger partial charge in [0.1, 0.15) is 0 Å². The molecule has 2 rings (SSSR count). The lowest BCUT2D eigenvalue weighted by molar-refractivity contribution is 0.0599. The van der Waals surface area contributed by atoms with Crippen molar-refractivity contribution >= 4 is 14.4 Å². The Labute approximate surface area is 110 Å². The van der Waals surface area contributed by atoms with Crippen LogP contribution in [0, 0.1) is 0 Å². The molecule has 1 amide bonds. The van der Waals surface area contributed by atoms with E-state index in [9.17, 15) is 4.79 Å². The van der Waals surface area contributed by atoms with E-state index in [1.165, 1.54) is 13.5 Å². The fourth-order valence-corrected chi connectivity index (χ4v) is 3.79. The van der Waals surface area contributed by atoms with E-state index in [-0.39, 0.29) is 18.2 Å². The number of ether oxygens (including phenoxy) is 1. The SMILES string of the molecule is COC(=O)N1[C@@H]2CCC[C@H]1C=C(O[Si](C)(C)C)C2. The van der Waals surface area contributed by atoms with Crippen molar-refractivity contribution in [3.05, 3.63) is 11.8 Å². The summed E-state index contributed by atoms with van der Waals surface area (Å²) in [6, 6.07) is 0.420. The summed E-state index contributed by atoms with van der Waals surface area (Å²) in [6.07, 6.45) is 6.02. The number of fused-ring (bicyclic) bond motifs is 2. The largest absolute Gasteiger partial charge is 0.547 e. The number of amides is 1. The Bertz CT molecular complexity index is 362. The molecule has 4 nitrogen and oxygen atoms in total. The number of carbonyl (C=O) groups excluding carboxylic acids is 1. The van der Waals surface area contributed by atoms with E-state index in [1.807, 2.05) is 4.90 Å². The van der Waals surface area contributed by atoms with Gasteiger partial charge in [-0.1, -0.05) is 0 Å². The number of piperidine rings is 1. The summed E-state index contributed by atoms with van der Waals surface area (Å²) in [4.78, 5) is 13.7. The lowest BCUT2D eigenvalue weighted by atomic mass is 9.88. The van der Waals surface area contributed by atoms with Crippen LogP contribution in [-0.2, 0) is 9.16 Å². The summed E-state index contributed by atoms with van der Waals surface area (Å²) in [5.74, 6) is 1.09. The number of rotatable bonds is 2. The molecule has 1 fully saturated rings. The molecule has 0 aromatic heterocycles. The molecule has 2 atom stereocenters. The van der Waals surface area contributed by atoms with Crippen LogP contribution in [-0.4, -0.2) is 38.5 Å². The van der Waals surface area contributed by atoms with Crippen molar-refractivity contribution in [1.29, 1.82) is 0 Å². The van der Waals surface area contributed by atoms with E-state index in [4.69, 9.17) is 9.16 Å². The van der Waals surface area contributed by atoms with Gasteiger partial charge >= 0.3 is 6.09 Å². The second-order valence-electron chi connectivity index (χ2n) is 6.08. The normalized spacial score (nSPS) is 27.6. The lowest BCUT2D eigenvalue weighted by Gasteiger charge is -2.44. The molecule has 0 aliphatic carbocycles. The van der Waals surface area contributed by atoms with Crippen molar-refractivity contribution < 1.29 is 14.0 Å². The van der Waals surface area contributed by atoms with Gasteiger partial charge in [-0.15, -0.1) is 0 Å². The van der Waals surface area contributed by atoms with Crippen LogP contribution in [0.1, 0.15) is 25.7 Å². The zero-order valence-electron chi connectivity index (χ0n) is 11.7. The lowest BCUT2D eigenvalue weighted by Crippen LogP contribution is -2.52. The van der Waals surface area contributed by atoms with Crippen LogP contribution in [0.3, 0.4) is 0 Å². The highest BCUT2D eigenvalue weighted by Crippen LogP contribution is 2.34. The van der Waals surface area contributed by atoms with Crippen molar-refractivity contribution in [3.63, 3.8) is 0 Å². The highest BCUT2D eigenvalue weighted by atomic mass is 28.4. The molecular weight excluding hydrogens is 246 g/mol. The molecular formula is C13H23NO3Si. The van der Waals surface area contributed by atoms with E-state index >= 15 is 0 Å². The molecule has 0 aromatic rings. The summed E-state index contributed by atoms with van der Waals surface area (Å²) in [5, 5.41) is 0. The first kappa shape index (κ1) is 13.5. The Balaban J connectivity index is 2.16. The minimum atomic E-state index is -1.55. The summed E-state index contributed by atoms with van der Waals surface area (Å²) >= 11 is 0. The maximum atomic E-state index is 11.8. The van der Waals surface area contributed by atoms with Crippen LogP contribution >= 0.6 is 0 Å². The highest BCUT2D eigenvalue weighted by Gasteiger charge is 2.38. The van der Waals surface area contributed by atoms with Crippen LogP contribution in [0.2, 0.25) is 19.6 Å². The summed E-state index contributed by atoms with van der Waals surface area (Å²) in [5.41, 5.74) is 0. The minimum absolute atomic E-state index is 0.163. The van der Waals surface area contributed by atoms with Crippen LogP contribution in [0.25, 0.3) is 0 Å². The molecule has 0 spiro atoms. The Morgan fingerprint density at radius 1 is 1.39 bits per heavy atom. The maximum Gasteiger partial charge on any atom is 0.410 e. The number of carbonyl (C=O) groups is 1. The average Bonchev–Trinajstić information content (AvgIpc) is 2.24. The van der Waals surface area contributed by atoms with Gasteiger partial charge in [-0.2, -0.15) is 0 Å². The van der Waals surface area contributed by atoms with Gasteiger partial charge in [-0.3, -0.25) is 4.90 Å². The fourth-order valence-electron chi connectivity index (χ4n) is 2.85. The quantitative estimate of drug-likeness (QED) is 0.723. The zero-order chi connectivity index (χ0) is 13.3. The Morgan fingerprint density at radius 2 is 2.11 bits per heavy atom. The van der Waals surface area contributed by atoms with E-state index in [0.29, 0.717) is 0 Å². The monoisotopic (exact) mass is 269 g/mol. The third-order valence-corrected chi connectivity index (χ3v) is 4.30. The van der Waals surface area contributed by atoms with Crippen LogP contribution in [0.4, 0.5) is 4.79 Å². The fraction of sp³-hybridized carbons (Fsp3) is 0.769. The van der Waals surface area contributed by atoms with Crippen LogP contribution < -0.4 is 0 Å². The first-order valence-corrected chi connectivity index (χ1v) is 10.1. The highest BCUT2D eigenvalue weighted by molar-refractivity contribution is 6.70. The van der Waals surface area contributed by atoms with Crippen molar-refractivity contribution in [1.82, 2.24) is 4.90 Å². The van der Waals surface area contributed by atoms with Crippen molar-refractivity contribution in [3.8, 4) is 0 Å². The molecule has 1 saturated heterocycles. The van der Waals surface area contributed by atoms with E-state index < -0.39 is 8.32 Å². The molecule has 0 N–H and O–H groups in total. The van der Waals surface area contributed by atoms with Crippen molar-refractivity contribution in [2.75, 3.05) is 7.11 Å². The first-order chi connectivity index (χ1) is 8.40. The molecule has 2 aliphatic heterocycles. The molecule has 5 heteroatoms. The topological polar surface area (TPSA) is 38.8 Å². The molecule has 2 heterocycles. The van der Waals surface area contributed by atoms with Gasteiger partial charge in [0.25, 0.3) is 0 Å². The van der Waals surface area contributed by atoms with Crippen molar-refractivity contribution in [2.24, 2.45) is 0 Å². The maximum absolute atomic E-state index is 11.8. The van der Waals surface area contributed by atoms with Crippen LogP contribution in [0.5, 0.6) is 0 Å². The number of nitrogens with zero attached hydrogens (tertiary/aromatic N) is 1. The van der Waals surface area contributed by atoms with E-state index in [2.05, 4.69) is 25.7 Å². The second kappa shape index (κ2) is 4.95. The third-order valence-electron chi connectivity index (χ3n) is 3.43. The van der Waals surface area contributed by atoms with E-state index in [0.717, 1.165) is 25.0 Å². The van der Waals surface area contributed by atoms with Crippen LogP contribution in [0.15, 0.2) is 11.8 Å². The summed E-state index contributed by atoms with van der Waals surface area (Å²) in [6.45, 7) is 6.57. The molecule has 0 aromatic carbocycles. The van der Waals surface area contributed by atoms with Gasteiger partial charge in [0.2, 0.25) is 8.32 Å². The third kappa shape index (κ3) is 2.88. The van der Waals surface area contributed by atoms with Gasteiger partial charge in [-0.25, -0.2) is 4.79 Å². The zero-order valence-corrected chi connectivity index (χ0v) is 12.7. The van der Waals surface area contributed by atoms with Gasteiger partial charge in [0.15, 0.2) is 0 Å². The number of hydrogen-bond donors (Lipinski definition) is 0. The molecule has 18 heavy (non-hydrogen) atoms. The van der Waals surface area contributed by atoms with Crippen molar-refractivity contribution in [2.45, 2.75) is 57.4 Å². The second-order valence-corrected chi connectivity index (χ2v) is 10.5. The molecule has 2 bridgehead atoms. The molecule has 0 saturated carbocycles. The average molecular weight is 269 g/mol. The molecule has 102 valence electrons. The predicted octanol–water partition coefficient (Wildman–Crippen LogP) is 3.12. The van der Waals surface area contributed by atoms with E-state index in [1.54, 1.807) is 0 Å². The molecule has 0 unspecified atom stereocenters. The summed E-state index contributed by atoms with van der Waals surface area (Å²) < 4.78 is 11.0. The number of methoxy groups -OCH3 is 1. The summed E-state index contributed by atoms with van der Waals surface area (Å²) in [7, 11) is -0.0987. The first-order valence-electron chi connectivity index (χ1n) is 6.67. The Morgan fingerprint density at radius 3 is 2.67 bits per heavy atom. The smallest absolute Gasteiger partial charge is 0.410 e. The number of hydrogen-bond acceptors (Lipinski definition) is 3. The predicted molar refractivity (Wildman–Crippen MR) is 72.8 cm³/mol. The Hall–Kier alpha value is -0.973. The standard InChI is InChI=1S/C13H23NO3Si/c1-16-13(15)14-10-6-5-7-11(14)9-12(8-10)17-18(2,3)4/h8,10-11H,5-7,9H2,1-4H3/t10-,11+/m0/s1.